The summed E-state index contributed by atoms with van der Waals surface area (Å²) in [6.45, 7) is 3.63. The maximum atomic E-state index is 12.4. The van der Waals surface area contributed by atoms with Gasteiger partial charge in [0.2, 0.25) is 5.91 Å². The smallest absolute Gasteiger partial charge is 0.239 e. The Morgan fingerprint density at radius 2 is 2.43 bits per heavy atom. The van der Waals surface area contributed by atoms with E-state index in [9.17, 15) is 4.79 Å². The van der Waals surface area contributed by atoms with Crippen LogP contribution < -0.4 is 5.73 Å². The monoisotopic (exact) mass is 349 g/mol. The highest BCUT2D eigenvalue weighted by Gasteiger charge is 2.28. The number of nitrogens with zero attached hydrogens (tertiary/aromatic N) is 2. The largest absolute Gasteiger partial charge is 0.341 e. The van der Waals surface area contributed by atoms with E-state index >= 15 is 0 Å². The molecule has 2 rings (SSSR count). The maximum Gasteiger partial charge on any atom is 0.239 e. The minimum absolute atomic E-state index is 0. The third kappa shape index (κ3) is 5.13. The summed E-state index contributed by atoms with van der Waals surface area (Å²) in [6, 6.07) is -0.348. The van der Waals surface area contributed by atoms with Gasteiger partial charge in [0.1, 0.15) is 0 Å². The molecule has 0 aromatic carbocycles. The maximum absolute atomic E-state index is 12.4. The number of thiazole rings is 1. The number of hydrogen-bond donors (Lipinski definition) is 1. The molecule has 21 heavy (non-hydrogen) atoms. The summed E-state index contributed by atoms with van der Waals surface area (Å²) in [6.07, 6.45) is 4.97. The summed E-state index contributed by atoms with van der Waals surface area (Å²) in [5, 5.41) is 3.25. The molecule has 1 amide bonds. The fraction of sp³-hybridized carbons (Fsp3) is 0.714. The van der Waals surface area contributed by atoms with Crippen molar-refractivity contribution < 1.29 is 4.79 Å². The molecule has 0 radical (unpaired) electrons. The zero-order chi connectivity index (χ0) is 14.5. The van der Waals surface area contributed by atoms with Gasteiger partial charge < -0.3 is 10.6 Å². The lowest BCUT2D eigenvalue weighted by Gasteiger charge is -2.33. The lowest BCUT2D eigenvalue weighted by atomic mass is 9.98. The number of aryl methyl sites for hydroxylation is 1. The van der Waals surface area contributed by atoms with Crippen LogP contribution in [0.5, 0.6) is 0 Å². The Morgan fingerprint density at radius 3 is 3.05 bits per heavy atom. The van der Waals surface area contributed by atoms with Crippen LogP contribution in [0.25, 0.3) is 0 Å². The van der Waals surface area contributed by atoms with Gasteiger partial charge in [0, 0.05) is 30.1 Å². The molecule has 4 nitrogen and oxygen atoms in total. The number of nitrogens with two attached hydrogens (primary N) is 1. The first kappa shape index (κ1) is 18.7. The highest BCUT2D eigenvalue weighted by atomic mass is 35.5. The molecule has 1 aliphatic heterocycles. The lowest BCUT2D eigenvalue weighted by Crippen LogP contribution is -2.47. The number of carbonyl (C=O) groups excluding carboxylic acids is 1. The summed E-state index contributed by atoms with van der Waals surface area (Å²) in [5.74, 6) is 1.44. The van der Waals surface area contributed by atoms with Crippen LogP contribution >= 0.6 is 35.5 Å². The molecule has 0 saturated carbocycles. The molecule has 0 bridgehead atoms. The molecule has 1 unspecified atom stereocenters. The Bertz CT molecular complexity index is 455. The summed E-state index contributed by atoms with van der Waals surface area (Å²) < 4.78 is 0. The topological polar surface area (TPSA) is 59.2 Å². The average Bonchev–Trinajstić information content (AvgIpc) is 2.90. The molecule has 1 saturated heterocycles. The number of aromatic nitrogens is 1. The van der Waals surface area contributed by atoms with Crippen molar-refractivity contribution in [3.63, 3.8) is 0 Å². The highest BCUT2D eigenvalue weighted by Crippen LogP contribution is 2.29. The van der Waals surface area contributed by atoms with Gasteiger partial charge >= 0.3 is 0 Å². The van der Waals surface area contributed by atoms with Crippen molar-refractivity contribution in [1.82, 2.24) is 9.88 Å². The average molecular weight is 350 g/mol. The number of amides is 1. The van der Waals surface area contributed by atoms with Crippen molar-refractivity contribution in [2.75, 3.05) is 25.1 Å². The number of rotatable bonds is 5. The zero-order valence-electron chi connectivity index (χ0n) is 12.6. The van der Waals surface area contributed by atoms with E-state index in [2.05, 4.69) is 10.4 Å². The molecular formula is C14H24ClN3OS2. The quantitative estimate of drug-likeness (QED) is 0.887. The summed E-state index contributed by atoms with van der Waals surface area (Å²) >= 11 is 3.44. The summed E-state index contributed by atoms with van der Waals surface area (Å²) in [4.78, 5) is 18.9. The highest BCUT2D eigenvalue weighted by molar-refractivity contribution is 7.98. The van der Waals surface area contributed by atoms with Crippen molar-refractivity contribution in [2.45, 2.75) is 38.1 Å². The molecule has 1 aromatic heterocycles. The van der Waals surface area contributed by atoms with Gasteiger partial charge in [-0.1, -0.05) is 0 Å². The Hall–Kier alpha value is -0.300. The van der Waals surface area contributed by atoms with Gasteiger partial charge in [0.05, 0.1) is 11.0 Å². The number of likely N-dealkylation sites (tertiary alicyclic amines) is 1. The third-order valence-corrected chi connectivity index (χ3v) is 5.44. The Kier molecular flexibility index (Phi) is 8.02. The Balaban J connectivity index is 0.00000220. The Morgan fingerprint density at radius 1 is 1.67 bits per heavy atom. The minimum Gasteiger partial charge on any atom is -0.341 e. The fourth-order valence-electron chi connectivity index (χ4n) is 2.54. The molecule has 1 aromatic rings. The number of halogens is 1. The standard InChI is InChI=1S/C14H23N3OS2.ClH/c1-10-9-20-13(16-10)11-4-3-6-17(8-11)14(18)12(15)5-7-19-2;/h9,11-12H,3-8,15H2,1-2H3;1H/t11?,12-;/m0./s1. The van der Waals surface area contributed by atoms with Gasteiger partial charge in [-0.05, 0) is 38.2 Å². The summed E-state index contributed by atoms with van der Waals surface area (Å²) in [5.41, 5.74) is 7.08. The van der Waals surface area contributed by atoms with Gasteiger partial charge in [-0.15, -0.1) is 23.7 Å². The van der Waals surface area contributed by atoms with E-state index in [0.717, 1.165) is 48.8 Å². The van der Waals surface area contributed by atoms with E-state index in [-0.39, 0.29) is 24.4 Å². The second-order valence-corrected chi connectivity index (χ2v) is 7.21. The first-order valence-corrected chi connectivity index (χ1v) is 9.34. The van der Waals surface area contributed by atoms with E-state index in [4.69, 9.17) is 5.73 Å². The molecule has 1 fully saturated rings. The molecule has 2 heterocycles. The number of hydrogen-bond acceptors (Lipinski definition) is 5. The zero-order valence-corrected chi connectivity index (χ0v) is 15.0. The van der Waals surface area contributed by atoms with Gasteiger partial charge in [0.15, 0.2) is 0 Å². The van der Waals surface area contributed by atoms with E-state index in [1.165, 1.54) is 0 Å². The summed E-state index contributed by atoms with van der Waals surface area (Å²) in [7, 11) is 0. The first-order chi connectivity index (χ1) is 9.61. The normalized spacial score (nSPS) is 20.0. The molecule has 2 N–H and O–H groups in total. The molecule has 120 valence electrons. The van der Waals surface area contributed by atoms with Gasteiger partial charge in [-0.3, -0.25) is 4.79 Å². The van der Waals surface area contributed by atoms with Gasteiger partial charge in [-0.2, -0.15) is 11.8 Å². The first-order valence-electron chi connectivity index (χ1n) is 7.07. The number of carbonyl (C=O) groups is 1. The van der Waals surface area contributed by atoms with Crippen LogP contribution in [-0.2, 0) is 4.79 Å². The number of piperidine rings is 1. The van der Waals surface area contributed by atoms with Crippen LogP contribution in [0.15, 0.2) is 5.38 Å². The lowest BCUT2D eigenvalue weighted by molar-refractivity contribution is -0.133. The molecule has 0 spiro atoms. The fourth-order valence-corrected chi connectivity index (χ4v) is 3.96. The molecule has 0 aliphatic carbocycles. The molecule has 1 aliphatic rings. The van der Waals surface area contributed by atoms with Crippen molar-refractivity contribution in [3.05, 3.63) is 16.1 Å². The van der Waals surface area contributed by atoms with Crippen LogP contribution in [0.2, 0.25) is 0 Å². The van der Waals surface area contributed by atoms with Crippen molar-refractivity contribution in [1.29, 1.82) is 0 Å². The van der Waals surface area contributed by atoms with Crippen LogP contribution in [0.4, 0.5) is 0 Å². The molecule has 7 heteroatoms. The van der Waals surface area contributed by atoms with Gasteiger partial charge in [0.25, 0.3) is 0 Å². The number of thioether (sulfide) groups is 1. The van der Waals surface area contributed by atoms with Gasteiger partial charge in [-0.25, -0.2) is 4.98 Å². The Labute approximate surface area is 141 Å². The third-order valence-electron chi connectivity index (χ3n) is 3.67. The molecule has 2 atom stereocenters. The second kappa shape index (κ2) is 8.98. The van der Waals surface area contributed by atoms with Crippen LogP contribution in [0, 0.1) is 6.92 Å². The van der Waals surface area contributed by atoms with Crippen molar-refractivity contribution in [2.24, 2.45) is 5.73 Å². The molecular weight excluding hydrogens is 326 g/mol. The van der Waals surface area contributed by atoms with E-state index < -0.39 is 0 Å². The minimum atomic E-state index is -0.348. The van der Waals surface area contributed by atoms with Crippen molar-refractivity contribution >= 4 is 41.4 Å². The predicted octanol–water partition coefficient (Wildman–Crippen LogP) is 2.66. The van der Waals surface area contributed by atoms with Crippen LogP contribution in [0.3, 0.4) is 0 Å². The second-order valence-electron chi connectivity index (χ2n) is 5.34. The predicted molar refractivity (Wildman–Crippen MR) is 93.6 cm³/mol. The SMILES string of the molecule is CSCC[C@H](N)C(=O)N1CCCC(c2nc(C)cs2)C1.Cl. The van der Waals surface area contributed by atoms with Crippen LogP contribution in [0.1, 0.15) is 35.9 Å². The van der Waals surface area contributed by atoms with E-state index in [1.54, 1.807) is 23.1 Å². The van der Waals surface area contributed by atoms with E-state index in [1.807, 2.05) is 18.1 Å². The van der Waals surface area contributed by atoms with Crippen LogP contribution in [-0.4, -0.2) is 46.9 Å². The van der Waals surface area contributed by atoms with E-state index in [0.29, 0.717) is 5.92 Å². The van der Waals surface area contributed by atoms with Crippen molar-refractivity contribution in [3.8, 4) is 0 Å².